The molecule has 1 aliphatic heterocycles. The number of nitrogens with one attached hydrogen (secondary N) is 2. The van der Waals surface area contributed by atoms with Crippen molar-refractivity contribution in [3.63, 3.8) is 0 Å². The molecule has 1 saturated carbocycles. The number of anilines is 3. The van der Waals surface area contributed by atoms with Crippen LogP contribution >= 0.6 is 0 Å². The van der Waals surface area contributed by atoms with Gasteiger partial charge < -0.3 is 10.6 Å². The predicted octanol–water partition coefficient (Wildman–Crippen LogP) is 2.74. The molecule has 3 heterocycles. The zero-order chi connectivity index (χ0) is 28.5. The summed E-state index contributed by atoms with van der Waals surface area (Å²) in [4.78, 5) is 66.9. The van der Waals surface area contributed by atoms with Crippen molar-refractivity contribution in [1.82, 2.24) is 19.0 Å². The summed E-state index contributed by atoms with van der Waals surface area (Å²) in [6.45, 7) is 3.10. The lowest BCUT2D eigenvalue weighted by atomic mass is 10.1. The maximum absolute atomic E-state index is 14.9. The van der Waals surface area contributed by atoms with Crippen LogP contribution < -0.4 is 32.3 Å². The highest BCUT2D eigenvalue weighted by molar-refractivity contribution is 6.19. The highest BCUT2D eigenvalue weighted by Crippen LogP contribution is 2.34. The maximum Gasteiger partial charge on any atom is 0.336 e. The van der Waals surface area contributed by atoms with Crippen LogP contribution in [0.25, 0.3) is 16.6 Å². The Kier molecular flexibility index (Phi) is 5.71. The standard InChI is InChI=1S/C28H25FN6O5/c1-14-7-10-20(19(29)11-14)31-24-22-23(15(2)25(37)32(24)3)34(28(40)35(26(22)38)16-8-9-16)18-6-4-5-17(12-18)33-21(36)13-30-27(33)39/h4-7,10-12,16,31H,8-9,13H2,1-3H3,(H,30,39). The highest BCUT2D eigenvalue weighted by Gasteiger charge is 2.33. The number of pyridine rings is 1. The number of carbonyl (C=O) groups is 2. The number of benzene rings is 2. The van der Waals surface area contributed by atoms with E-state index in [1.165, 1.54) is 41.3 Å². The van der Waals surface area contributed by atoms with E-state index in [2.05, 4.69) is 10.6 Å². The minimum atomic E-state index is -0.654. The van der Waals surface area contributed by atoms with Gasteiger partial charge in [-0.05, 0) is 62.6 Å². The fraction of sp³-hybridized carbons (Fsp3) is 0.250. The Morgan fingerprint density at radius 1 is 0.950 bits per heavy atom. The quantitative estimate of drug-likeness (QED) is 0.372. The van der Waals surface area contributed by atoms with Crippen LogP contribution in [0.3, 0.4) is 0 Å². The monoisotopic (exact) mass is 544 g/mol. The van der Waals surface area contributed by atoms with Gasteiger partial charge >= 0.3 is 11.7 Å². The van der Waals surface area contributed by atoms with Crippen molar-refractivity contribution in [2.24, 2.45) is 7.05 Å². The second-order valence-electron chi connectivity index (χ2n) is 10.1. The maximum atomic E-state index is 14.9. The van der Waals surface area contributed by atoms with Gasteiger partial charge in [-0.1, -0.05) is 12.1 Å². The molecule has 2 aromatic carbocycles. The molecule has 2 fully saturated rings. The van der Waals surface area contributed by atoms with Crippen LogP contribution in [0.4, 0.5) is 26.4 Å². The lowest BCUT2D eigenvalue weighted by Crippen LogP contribution is -2.41. The van der Waals surface area contributed by atoms with Crippen LogP contribution in [0.15, 0.2) is 56.8 Å². The third-order valence-corrected chi connectivity index (χ3v) is 7.32. The van der Waals surface area contributed by atoms with Crippen LogP contribution in [-0.4, -0.2) is 32.2 Å². The molecule has 40 heavy (non-hydrogen) atoms. The summed E-state index contributed by atoms with van der Waals surface area (Å²) in [6, 6.07) is 9.81. The number of carbonyl (C=O) groups excluding carboxylic acids is 2. The molecule has 0 atom stereocenters. The van der Waals surface area contributed by atoms with Gasteiger partial charge in [0.2, 0.25) is 0 Å². The van der Waals surface area contributed by atoms with Crippen LogP contribution in [0.2, 0.25) is 0 Å². The van der Waals surface area contributed by atoms with Crippen molar-refractivity contribution < 1.29 is 14.0 Å². The Hall–Kier alpha value is -5.00. The molecule has 12 heteroatoms. The van der Waals surface area contributed by atoms with Crippen molar-refractivity contribution in [3.8, 4) is 5.69 Å². The molecule has 4 aromatic rings. The number of aryl methyl sites for hydroxylation is 2. The van der Waals surface area contributed by atoms with E-state index in [-0.39, 0.29) is 51.9 Å². The van der Waals surface area contributed by atoms with Crippen LogP contribution in [-0.2, 0) is 11.8 Å². The molecule has 2 N–H and O–H groups in total. The molecule has 0 unspecified atom stereocenters. The second kappa shape index (κ2) is 9.04. The fourth-order valence-corrected chi connectivity index (χ4v) is 5.16. The minimum absolute atomic E-state index is 0.0338. The Morgan fingerprint density at radius 2 is 1.68 bits per heavy atom. The summed E-state index contributed by atoms with van der Waals surface area (Å²) >= 11 is 0. The van der Waals surface area contributed by atoms with E-state index >= 15 is 0 Å². The van der Waals surface area contributed by atoms with E-state index in [0.29, 0.717) is 18.4 Å². The number of rotatable bonds is 5. The average molecular weight is 545 g/mol. The smallest absolute Gasteiger partial charge is 0.336 e. The van der Waals surface area contributed by atoms with Crippen molar-refractivity contribution in [2.75, 3.05) is 16.8 Å². The number of hydrogen-bond donors (Lipinski definition) is 2. The second-order valence-corrected chi connectivity index (χ2v) is 10.1. The van der Waals surface area contributed by atoms with Gasteiger partial charge in [0.25, 0.3) is 17.0 Å². The van der Waals surface area contributed by atoms with Gasteiger partial charge in [0.15, 0.2) is 0 Å². The molecule has 6 rings (SSSR count). The Balaban J connectivity index is 1.69. The molecule has 0 spiro atoms. The number of nitrogens with zero attached hydrogens (tertiary/aromatic N) is 4. The topological polar surface area (TPSA) is 127 Å². The third-order valence-electron chi connectivity index (χ3n) is 7.32. The lowest BCUT2D eigenvalue weighted by molar-refractivity contribution is -0.115. The summed E-state index contributed by atoms with van der Waals surface area (Å²) in [5, 5.41) is 5.42. The molecule has 3 amide bonds. The Labute approximate surface area is 226 Å². The average Bonchev–Trinajstić information content (AvgIpc) is 3.69. The largest absolute Gasteiger partial charge is 0.338 e. The molecular formula is C28H25FN6O5. The normalized spacial score (nSPS) is 15.2. The molecule has 204 valence electrons. The third kappa shape index (κ3) is 3.82. The van der Waals surface area contributed by atoms with Gasteiger partial charge in [-0.3, -0.25) is 28.1 Å². The van der Waals surface area contributed by atoms with Crippen LogP contribution in [0.5, 0.6) is 0 Å². The molecule has 2 aliphatic rings. The molecule has 1 aliphatic carbocycles. The molecule has 11 nitrogen and oxygen atoms in total. The van der Waals surface area contributed by atoms with E-state index < -0.39 is 34.6 Å². The first-order valence-corrected chi connectivity index (χ1v) is 12.7. The number of hydrogen-bond acceptors (Lipinski definition) is 6. The number of amides is 3. The number of urea groups is 1. The van der Waals surface area contributed by atoms with Crippen molar-refractivity contribution in [1.29, 1.82) is 0 Å². The van der Waals surface area contributed by atoms with Crippen LogP contribution in [0.1, 0.15) is 30.0 Å². The van der Waals surface area contributed by atoms with E-state index in [9.17, 15) is 28.4 Å². The first kappa shape index (κ1) is 25.3. The Bertz CT molecular complexity index is 1940. The number of aromatic nitrogens is 3. The Morgan fingerprint density at radius 3 is 2.33 bits per heavy atom. The van der Waals surface area contributed by atoms with Gasteiger partial charge in [-0.15, -0.1) is 0 Å². The van der Waals surface area contributed by atoms with Crippen LogP contribution in [0, 0.1) is 19.7 Å². The van der Waals surface area contributed by atoms with E-state index in [1.54, 1.807) is 31.2 Å². The molecule has 0 radical (unpaired) electrons. The first-order valence-electron chi connectivity index (χ1n) is 12.7. The summed E-state index contributed by atoms with van der Waals surface area (Å²) in [5.41, 5.74) is -0.340. The van der Waals surface area contributed by atoms with Gasteiger partial charge in [0, 0.05) is 18.7 Å². The fourth-order valence-electron chi connectivity index (χ4n) is 5.16. The minimum Gasteiger partial charge on any atom is -0.338 e. The van der Waals surface area contributed by atoms with E-state index in [4.69, 9.17) is 0 Å². The summed E-state index contributed by atoms with van der Waals surface area (Å²) in [6.07, 6.45) is 1.26. The SMILES string of the molecule is Cc1ccc(Nc2c3c(=O)n(C4CC4)c(=O)n(-c4cccc(N5C(=O)CNC5=O)c4)c3c(C)c(=O)n2C)c(F)c1. The predicted molar refractivity (Wildman–Crippen MR) is 147 cm³/mol. The van der Waals surface area contributed by atoms with Crippen molar-refractivity contribution in [2.45, 2.75) is 32.7 Å². The van der Waals surface area contributed by atoms with Crippen molar-refractivity contribution in [3.05, 3.63) is 90.6 Å². The summed E-state index contributed by atoms with van der Waals surface area (Å²) in [7, 11) is 1.47. The molecule has 2 aromatic heterocycles. The van der Waals surface area contributed by atoms with Gasteiger partial charge in [-0.2, -0.15) is 0 Å². The zero-order valence-electron chi connectivity index (χ0n) is 21.9. The van der Waals surface area contributed by atoms with E-state index in [1.807, 2.05) is 0 Å². The van der Waals surface area contributed by atoms with Gasteiger partial charge in [-0.25, -0.2) is 18.9 Å². The van der Waals surface area contributed by atoms with Gasteiger partial charge in [0.1, 0.15) is 17.0 Å². The first-order chi connectivity index (χ1) is 19.1. The molecular weight excluding hydrogens is 519 g/mol. The van der Waals surface area contributed by atoms with Gasteiger partial charge in [0.05, 0.1) is 29.1 Å². The lowest BCUT2D eigenvalue weighted by Gasteiger charge is -2.21. The number of imide groups is 1. The number of halogens is 1. The molecule has 0 bridgehead atoms. The summed E-state index contributed by atoms with van der Waals surface area (Å²) < 4.78 is 18.5. The zero-order valence-corrected chi connectivity index (χ0v) is 21.9. The van der Waals surface area contributed by atoms with E-state index in [0.717, 1.165) is 9.47 Å². The molecule has 1 saturated heterocycles. The highest BCUT2D eigenvalue weighted by atomic mass is 19.1. The number of fused-ring (bicyclic) bond motifs is 1. The summed E-state index contributed by atoms with van der Waals surface area (Å²) in [5.74, 6) is -0.996. The van der Waals surface area contributed by atoms with Crippen molar-refractivity contribution >= 4 is 40.0 Å².